The van der Waals surface area contributed by atoms with E-state index in [1.165, 1.54) is 6.20 Å². The van der Waals surface area contributed by atoms with Gasteiger partial charge in [-0.2, -0.15) is 0 Å². The van der Waals surface area contributed by atoms with Crippen LogP contribution in [-0.4, -0.2) is 27.6 Å². The molecule has 1 aromatic heterocycles. The van der Waals surface area contributed by atoms with Crippen LogP contribution in [0.1, 0.15) is 54.2 Å². The number of aliphatic hydroxyl groups is 1. The first kappa shape index (κ1) is 19.5. The Hall–Kier alpha value is -3.45. The van der Waals surface area contributed by atoms with Crippen LogP contribution in [0, 0.1) is 0 Å². The van der Waals surface area contributed by atoms with Crippen LogP contribution in [0.15, 0.2) is 65.5 Å². The molecule has 2 heterocycles. The average molecular weight is 417 g/mol. The SMILES string of the molecule is CC(C)c1ccc2c(c1)OC1(O)C3=CCCC(N)=C3C(=O)C21NC(=O)c1ccccn1. The number of aromatic nitrogens is 1. The van der Waals surface area contributed by atoms with E-state index in [1.54, 1.807) is 30.3 Å². The van der Waals surface area contributed by atoms with Crippen molar-refractivity contribution in [1.82, 2.24) is 10.3 Å². The van der Waals surface area contributed by atoms with Crippen LogP contribution in [0.3, 0.4) is 0 Å². The highest BCUT2D eigenvalue weighted by Gasteiger charge is 2.74. The largest absolute Gasteiger partial charge is 0.454 e. The molecule has 1 fully saturated rings. The van der Waals surface area contributed by atoms with Crippen molar-refractivity contribution in [2.45, 2.75) is 43.9 Å². The molecule has 1 aliphatic heterocycles. The fourth-order valence-electron chi connectivity index (χ4n) is 4.72. The molecule has 1 saturated carbocycles. The van der Waals surface area contributed by atoms with Gasteiger partial charge in [-0.1, -0.05) is 38.1 Å². The summed E-state index contributed by atoms with van der Waals surface area (Å²) in [6, 6.07) is 10.4. The summed E-state index contributed by atoms with van der Waals surface area (Å²) in [5, 5.41) is 14.7. The Morgan fingerprint density at radius 2 is 2.10 bits per heavy atom. The van der Waals surface area contributed by atoms with Gasteiger partial charge in [-0.25, -0.2) is 0 Å². The molecule has 1 aromatic carbocycles. The third-order valence-electron chi connectivity index (χ3n) is 6.33. The molecule has 1 amide bonds. The summed E-state index contributed by atoms with van der Waals surface area (Å²) in [4.78, 5) is 31.1. The highest BCUT2D eigenvalue weighted by Crippen LogP contribution is 2.59. The molecule has 0 spiro atoms. The maximum atomic E-state index is 13.9. The molecular formula is C24H23N3O4. The summed E-state index contributed by atoms with van der Waals surface area (Å²) in [6.45, 7) is 4.09. The Labute approximate surface area is 179 Å². The molecule has 31 heavy (non-hydrogen) atoms. The van der Waals surface area contributed by atoms with E-state index in [0.29, 0.717) is 35.4 Å². The minimum Gasteiger partial charge on any atom is -0.454 e. The Bertz CT molecular complexity index is 1180. The number of ketones is 1. The van der Waals surface area contributed by atoms with Gasteiger partial charge in [-0.3, -0.25) is 14.6 Å². The summed E-state index contributed by atoms with van der Waals surface area (Å²) in [6.07, 6.45) is 4.34. The number of carbonyl (C=O) groups is 2. The van der Waals surface area contributed by atoms with Crippen LogP contribution >= 0.6 is 0 Å². The highest BCUT2D eigenvalue weighted by atomic mass is 16.6. The molecular weight excluding hydrogens is 394 g/mol. The maximum absolute atomic E-state index is 13.9. The van der Waals surface area contributed by atoms with Crippen LogP contribution in [0.4, 0.5) is 0 Å². The first-order valence-electron chi connectivity index (χ1n) is 10.3. The molecule has 7 heteroatoms. The summed E-state index contributed by atoms with van der Waals surface area (Å²) in [5.74, 6) is -2.56. The van der Waals surface area contributed by atoms with Crippen LogP contribution < -0.4 is 15.8 Å². The van der Waals surface area contributed by atoms with Crippen LogP contribution in [0.25, 0.3) is 0 Å². The molecule has 158 valence electrons. The number of rotatable bonds is 3. The number of pyridine rings is 1. The molecule has 0 radical (unpaired) electrons. The molecule has 2 aliphatic carbocycles. The number of amides is 1. The van der Waals surface area contributed by atoms with E-state index in [0.717, 1.165) is 5.56 Å². The van der Waals surface area contributed by atoms with E-state index in [4.69, 9.17) is 10.5 Å². The second-order valence-corrected chi connectivity index (χ2v) is 8.46. The number of benzene rings is 1. The van der Waals surface area contributed by atoms with Gasteiger partial charge in [0, 0.05) is 28.6 Å². The van der Waals surface area contributed by atoms with E-state index in [-0.39, 0.29) is 17.2 Å². The Kier molecular flexibility index (Phi) is 4.10. The van der Waals surface area contributed by atoms with Gasteiger partial charge in [-0.05, 0) is 42.5 Å². The number of ether oxygens (including phenoxy) is 1. The number of nitrogens with two attached hydrogens (primary N) is 1. The number of Topliss-reactive ketones (excluding diaryl/α,β-unsaturated/α-hetero) is 1. The van der Waals surface area contributed by atoms with Gasteiger partial charge in [0.05, 0.1) is 0 Å². The lowest BCUT2D eigenvalue weighted by atomic mass is 9.83. The lowest BCUT2D eigenvalue weighted by Crippen LogP contribution is -2.62. The number of hydrogen-bond donors (Lipinski definition) is 3. The van der Waals surface area contributed by atoms with E-state index < -0.39 is 23.0 Å². The van der Waals surface area contributed by atoms with Gasteiger partial charge in [0.1, 0.15) is 11.4 Å². The van der Waals surface area contributed by atoms with Gasteiger partial charge in [-0.15, -0.1) is 0 Å². The fraction of sp³-hybridized carbons (Fsp3) is 0.292. The minimum atomic E-state index is -2.09. The molecule has 5 rings (SSSR count). The van der Waals surface area contributed by atoms with E-state index >= 15 is 0 Å². The molecule has 3 aliphatic rings. The van der Waals surface area contributed by atoms with Crippen molar-refractivity contribution in [3.8, 4) is 5.75 Å². The zero-order chi connectivity index (χ0) is 22.0. The second kappa shape index (κ2) is 6.52. The lowest BCUT2D eigenvalue weighted by molar-refractivity contribution is -0.152. The summed E-state index contributed by atoms with van der Waals surface area (Å²) in [7, 11) is 0. The predicted molar refractivity (Wildman–Crippen MR) is 113 cm³/mol. The van der Waals surface area contributed by atoms with Crippen molar-refractivity contribution < 1.29 is 19.4 Å². The van der Waals surface area contributed by atoms with E-state index in [9.17, 15) is 14.7 Å². The highest BCUT2D eigenvalue weighted by molar-refractivity contribution is 6.16. The predicted octanol–water partition coefficient (Wildman–Crippen LogP) is 2.43. The summed E-state index contributed by atoms with van der Waals surface area (Å²) < 4.78 is 6.08. The first-order chi connectivity index (χ1) is 14.8. The Morgan fingerprint density at radius 1 is 1.29 bits per heavy atom. The standard InChI is InChI=1S/C24H23N3O4/c1-13(2)14-9-10-15-19(12-14)31-24(30)16-6-5-7-17(25)20(16)21(28)23(15,24)27-22(29)18-8-3-4-11-26-18/h3-4,6,8-13,30H,5,7,25H2,1-2H3,(H,27,29). The van der Waals surface area contributed by atoms with Gasteiger partial charge < -0.3 is 20.9 Å². The fourth-order valence-corrected chi connectivity index (χ4v) is 4.72. The normalized spacial score (nSPS) is 26.2. The second-order valence-electron chi connectivity index (χ2n) is 8.46. The number of hydrogen-bond acceptors (Lipinski definition) is 6. The van der Waals surface area contributed by atoms with Crippen LogP contribution in [-0.2, 0) is 10.3 Å². The zero-order valence-corrected chi connectivity index (χ0v) is 17.3. The molecule has 0 saturated heterocycles. The number of allylic oxidation sites excluding steroid dienone is 2. The van der Waals surface area contributed by atoms with Crippen LogP contribution in [0.2, 0.25) is 0 Å². The Morgan fingerprint density at radius 3 is 2.81 bits per heavy atom. The van der Waals surface area contributed by atoms with Crippen molar-refractivity contribution in [3.05, 3.63) is 82.3 Å². The van der Waals surface area contributed by atoms with Crippen molar-refractivity contribution in [2.24, 2.45) is 5.73 Å². The van der Waals surface area contributed by atoms with Crippen molar-refractivity contribution in [1.29, 1.82) is 0 Å². The topological polar surface area (TPSA) is 115 Å². The van der Waals surface area contributed by atoms with Crippen molar-refractivity contribution in [3.63, 3.8) is 0 Å². The van der Waals surface area contributed by atoms with E-state index in [1.807, 2.05) is 26.0 Å². The first-order valence-corrected chi connectivity index (χ1v) is 10.3. The molecule has 7 nitrogen and oxygen atoms in total. The maximum Gasteiger partial charge on any atom is 0.271 e. The van der Waals surface area contributed by atoms with Crippen molar-refractivity contribution >= 4 is 11.7 Å². The lowest BCUT2D eigenvalue weighted by Gasteiger charge is -2.34. The quantitative estimate of drug-likeness (QED) is 0.707. The van der Waals surface area contributed by atoms with Gasteiger partial charge in [0.25, 0.3) is 11.7 Å². The average Bonchev–Trinajstić information content (AvgIpc) is 3.12. The van der Waals surface area contributed by atoms with Gasteiger partial charge >= 0.3 is 0 Å². The smallest absolute Gasteiger partial charge is 0.271 e. The van der Waals surface area contributed by atoms with Gasteiger partial charge in [0.15, 0.2) is 0 Å². The van der Waals surface area contributed by atoms with Crippen molar-refractivity contribution in [2.75, 3.05) is 0 Å². The monoisotopic (exact) mass is 417 g/mol. The summed E-state index contributed by atoms with van der Waals surface area (Å²) >= 11 is 0. The molecule has 2 unspecified atom stereocenters. The Balaban J connectivity index is 1.74. The van der Waals surface area contributed by atoms with Gasteiger partial charge in [0.2, 0.25) is 11.3 Å². The minimum absolute atomic E-state index is 0.130. The number of nitrogens with one attached hydrogen (secondary N) is 1. The number of fused-ring (bicyclic) bond motifs is 5. The number of nitrogens with zero attached hydrogens (tertiary/aromatic N) is 1. The molecule has 2 atom stereocenters. The third-order valence-corrected chi connectivity index (χ3v) is 6.33. The van der Waals surface area contributed by atoms with Crippen LogP contribution in [0.5, 0.6) is 5.75 Å². The number of carbonyl (C=O) groups excluding carboxylic acids is 2. The molecule has 4 N–H and O–H groups in total. The molecule has 0 bridgehead atoms. The third kappa shape index (κ3) is 2.47. The summed E-state index contributed by atoms with van der Waals surface area (Å²) in [5.41, 5.74) is 6.80. The molecule has 2 aromatic rings. The zero-order valence-electron chi connectivity index (χ0n) is 17.3. The van der Waals surface area contributed by atoms with E-state index in [2.05, 4.69) is 10.3 Å².